The Morgan fingerprint density at radius 2 is 2.21 bits per heavy atom. The Kier molecular flexibility index (Phi) is 4.24. The molecule has 3 fully saturated rings. The molecule has 2 unspecified atom stereocenters. The molecule has 1 amide bonds. The number of piperidine rings is 2. The van der Waals surface area contributed by atoms with E-state index in [2.05, 4.69) is 25.6 Å². The van der Waals surface area contributed by atoms with E-state index in [9.17, 15) is 13.6 Å². The van der Waals surface area contributed by atoms with Gasteiger partial charge in [-0.1, -0.05) is 0 Å². The van der Waals surface area contributed by atoms with Crippen LogP contribution in [0, 0.1) is 0 Å². The van der Waals surface area contributed by atoms with Crippen molar-refractivity contribution in [2.24, 2.45) is 0 Å². The molecule has 0 aliphatic carbocycles. The van der Waals surface area contributed by atoms with Gasteiger partial charge in [0.15, 0.2) is 0 Å². The fraction of sp³-hybridized carbons (Fsp3) is 0.389. The van der Waals surface area contributed by atoms with Crippen molar-refractivity contribution in [3.63, 3.8) is 0 Å². The predicted molar refractivity (Wildman–Crippen MR) is 102 cm³/mol. The van der Waals surface area contributed by atoms with Gasteiger partial charge in [-0.05, 0) is 25.0 Å². The van der Waals surface area contributed by atoms with E-state index in [1.54, 1.807) is 18.3 Å². The van der Waals surface area contributed by atoms with Crippen molar-refractivity contribution < 1.29 is 13.6 Å². The molecule has 3 aromatic heterocycles. The molecule has 6 heterocycles. The molecule has 2 atom stereocenters. The zero-order chi connectivity index (χ0) is 19.3. The molecule has 2 N–H and O–H groups in total. The van der Waals surface area contributed by atoms with Crippen LogP contribution in [0.2, 0.25) is 0 Å². The number of amides is 1. The van der Waals surface area contributed by atoms with E-state index in [1.807, 2.05) is 0 Å². The van der Waals surface area contributed by atoms with Gasteiger partial charge in [-0.2, -0.15) is 0 Å². The molecule has 7 nitrogen and oxygen atoms in total. The number of hydrogen-bond acceptors (Lipinski definition) is 6. The largest absolute Gasteiger partial charge is 0.334 e. The number of carbonyl (C=O) groups excluding carboxylic acids is 1. The zero-order valence-electron chi connectivity index (χ0n) is 14.8. The second kappa shape index (κ2) is 6.78. The van der Waals surface area contributed by atoms with Gasteiger partial charge in [0.2, 0.25) is 5.95 Å². The summed E-state index contributed by atoms with van der Waals surface area (Å²) in [7, 11) is 0. The van der Waals surface area contributed by atoms with E-state index in [0.29, 0.717) is 23.5 Å². The highest BCUT2D eigenvalue weighted by molar-refractivity contribution is 7.08. The summed E-state index contributed by atoms with van der Waals surface area (Å²) in [5.41, 5.74) is 0.916. The van der Waals surface area contributed by atoms with Gasteiger partial charge < -0.3 is 15.5 Å². The molecule has 146 valence electrons. The Hall–Kier alpha value is -2.59. The molecular weight excluding hydrogens is 386 g/mol. The Morgan fingerprint density at radius 1 is 1.32 bits per heavy atom. The number of rotatable bonds is 4. The number of aromatic nitrogens is 3. The first-order chi connectivity index (χ1) is 13.6. The lowest BCUT2D eigenvalue weighted by molar-refractivity contribution is 0.102. The van der Waals surface area contributed by atoms with Crippen LogP contribution < -0.4 is 15.5 Å². The highest BCUT2D eigenvalue weighted by atomic mass is 32.1. The van der Waals surface area contributed by atoms with Crippen LogP contribution in [0.1, 0.15) is 35.3 Å². The number of alkyl halides is 2. The first kappa shape index (κ1) is 17.5. The average Bonchev–Trinajstić information content (AvgIpc) is 3.35. The number of thiophene rings is 1. The second-order valence-corrected chi connectivity index (χ2v) is 7.84. The smallest absolute Gasteiger partial charge is 0.274 e. The minimum absolute atomic E-state index is 0.133. The minimum atomic E-state index is -2.64. The predicted octanol–water partition coefficient (Wildman–Crippen LogP) is 2.92. The number of anilines is 2. The van der Waals surface area contributed by atoms with Crippen molar-refractivity contribution in [1.82, 2.24) is 19.9 Å². The summed E-state index contributed by atoms with van der Waals surface area (Å²) >= 11 is 1.13. The molecule has 10 heteroatoms. The van der Waals surface area contributed by atoms with Crippen molar-refractivity contribution in [1.29, 1.82) is 0 Å². The number of nitrogens with zero attached hydrogens (tertiary/aromatic N) is 4. The third-order valence-corrected chi connectivity index (χ3v) is 6.16. The summed E-state index contributed by atoms with van der Waals surface area (Å²) in [6, 6.07) is 4.14. The minimum Gasteiger partial charge on any atom is -0.334 e. The number of carbonyl (C=O) groups is 1. The topological polar surface area (TPSA) is 74.6 Å². The normalized spacial score (nSPS) is 21.6. The van der Waals surface area contributed by atoms with E-state index < -0.39 is 12.3 Å². The standard InChI is InChI=1S/C18H18F2N6OS/c19-16(20)13-8-28-9-14(13)23-17(27)15-4-3-12-6-22-18(24-26(12)15)25-7-10-1-2-11(25)5-21-10/h3-4,6,8-11,16,21H,1-2,5,7H2,(H,23,27). The van der Waals surface area contributed by atoms with Crippen molar-refractivity contribution >= 4 is 34.4 Å². The van der Waals surface area contributed by atoms with Gasteiger partial charge in [0.25, 0.3) is 12.3 Å². The molecule has 3 aromatic rings. The molecule has 0 radical (unpaired) electrons. The van der Waals surface area contributed by atoms with Gasteiger partial charge in [-0.25, -0.2) is 18.3 Å². The van der Waals surface area contributed by atoms with Crippen LogP contribution in [0.25, 0.3) is 5.52 Å². The van der Waals surface area contributed by atoms with Gasteiger partial charge in [-0.15, -0.1) is 16.4 Å². The Bertz CT molecular complexity index is 1030. The number of fused-ring (bicyclic) bond motifs is 4. The molecular formula is C18H18F2N6OS. The summed E-state index contributed by atoms with van der Waals surface area (Å²) in [6.45, 7) is 1.74. The van der Waals surface area contributed by atoms with Crippen LogP contribution in [0.3, 0.4) is 0 Å². The summed E-state index contributed by atoms with van der Waals surface area (Å²) < 4.78 is 27.6. The first-order valence-electron chi connectivity index (χ1n) is 9.10. The SMILES string of the molecule is O=C(Nc1cscc1C(F)F)c1ccc2cnc(N3CC4CCC3CN4)nn12. The van der Waals surface area contributed by atoms with Crippen LogP contribution in [0.5, 0.6) is 0 Å². The molecule has 0 saturated carbocycles. The number of hydrogen-bond donors (Lipinski definition) is 2. The maximum atomic E-state index is 13.1. The monoisotopic (exact) mass is 404 g/mol. The van der Waals surface area contributed by atoms with Gasteiger partial charge in [0, 0.05) is 35.9 Å². The quantitative estimate of drug-likeness (QED) is 0.700. The lowest BCUT2D eigenvalue weighted by Gasteiger charge is -2.45. The maximum absolute atomic E-state index is 13.1. The third kappa shape index (κ3) is 2.92. The van der Waals surface area contributed by atoms with Crippen LogP contribution in [-0.2, 0) is 0 Å². The summed E-state index contributed by atoms with van der Waals surface area (Å²) in [6.07, 6.45) is 1.28. The van der Waals surface area contributed by atoms with E-state index in [1.165, 1.54) is 15.3 Å². The van der Waals surface area contributed by atoms with Gasteiger partial charge in [0.1, 0.15) is 5.69 Å². The Morgan fingerprint density at radius 3 is 2.93 bits per heavy atom. The number of halogens is 2. The van der Waals surface area contributed by atoms with Crippen molar-refractivity contribution in [2.45, 2.75) is 31.4 Å². The van der Waals surface area contributed by atoms with Gasteiger partial charge in [-0.3, -0.25) is 4.79 Å². The molecule has 28 heavy (non-hydrogen) atoms. The highest BCUT2D eigenvalue weighted by Gasteiger charge is 2.35. The van der Waals surface area contributed by atoms with Crippen LogP contribution in [0.15, 0.2) is 29.1 Å². The fourth-order valence-corrected chi connectivity index (χ4v) is 4.69. The number of piperazine rings is 1. The number of nitrogens with one attached hydrogen (secondary N) is 2. The molecule has 2 bridgehead atoms. The van der Waals surface area contributed by atoms with E-state index in [4.69, 9.17) is 0 Å². The summed E-state index contributed by atoms with van der Waals surface area (Å²) in [4.78, 5) is 19.4. The van der Waals surface area contributed by atoms with Crippen molar-refractivity contribution in [3.05, 3.63) is 40.3 Å². The van der Waals surface area contributed by atoms with Gasteiger partial charge >= 0.3 is 0 Å². The average molecular weight is 404 g/mol. The zero-order valence-corrected chi connectivity index (χ0v) is 15.6. The molecule has 0 aromatic carbocycles. The van der Waals surface area contributed by atoms with Crippen LogP contribution in [-0.4, -0.2) is 45.7 Å². The van der Waals surface area contributed by atoms with E-state index in [-0.39, 0.29) is 16.9 Å². The van der Waals surface area contributed by atoms with E-state index in [0.717, 1.165) is 37.3 Å². The highest BCUT2D eigenvalue weighted by Crippen LogP contribution is 2.31. The maximum Gasteiger partial charge on any atom is 0.274 e. The van der Waals surface area contributed by atoms with Crippen LogP contribution in [0.4, 0.5) is 20.4 Å². The van der Waals surface area contributed by atoms with Crippen LogP contribution >= 0.6 is 11.3 Å². The molecule has 3 aliphatic rings. The summed E-state index contributed by atoms with van der Waals surface area (Å²) in [5, 5.41) is 13.5. The lowest BCUT2D eigenvalue weighted by atomic mass is 9.93. The third-order valence-electron chi connectivity index (χ3n) is 5.40. The molecule has 3 saturated heterocycles. The lowest BCUT2D eigenvalue weighted by Crippen LogP contribution is -2.61. The molecule has 6 rings (SSSR count). The fourth-order valence-electron chi connectivity index (χ4n) is 3.91. The molecule has 3 aliphatic heterocycles. The van der Waals surface area contributed by atoms with Crippen molar-refractivity contribution in [2.75, 3.05) is 23.3 Å². The first-order valence-corrected chi connectivity index (χ1v) is 10.0. The Labute approximate surface area is 163 Å². The second-order valence-electron chi connectivity index (χ2n) is 7.10. The Balaban J connectivity index is 1.45. The molecule has 0 spiro atoms. The van der Waals surface area contributed by atoms with Gasteiger partial charge in [0.05, 0.1) is 23.0 Å². The van der Waals surface area contributed by atoms with Crippen molar-refractivity contribution in [3.8, 4) is 0 Å². The summed E-state index contributed by atoms with van der Waals surface area (Å²) in [5.74, 6) is 0.101. The van der Waals surface area contributed by atoms with E-state index >= 15 is 0 Å².